The number of ether oxygens (including phenoxy) is 1. The van der Waals surface area contributed by atoms with Crippen molar-refractivity contribution < 1.29 is 22.7 Å². The second-order valence-electron chi connectivity index (χ2n) is 9.08. The predicted octanol–water partition coefficient (Wildman–Crippen LogP) is 5.11. The van der Waals surface area contributed by atoms with Crippen molar-refractivity contribution in [1.29, 1.82) is 5.26 Å². The highest BCUT2D eigenvalue weighted by atomic mass is 19.4. The van der Waals surface area contributed by atoms with Crippen molar-refractivity contribution >= 4 is 11.6 Å². The molecule has 1 saturated heterocycles. The van der Waals surface area contributed by atoms with Gasteiger partial charge < -0.3 is 14.2 Å². The van der Waals surface area contributed by atoms with Crippen LogP contribution < -0.4 is 9.64 Å². The van der Waals surface area contributed by atoms with Crippen LogP contribution >= 0.6 is 0 Å². The van der Waals surface area contributed by atoms with Gasteiger partial charge in [-0.1, -0.05) is 38.0 Å². The van der Waals surface area contributed by atoms with Crippen LogP contribution in [0.1, 0.15) is 43.0 Å². The number of rotatable bonds is 9. The van der Waals surface area contributed by atoms with E-state index in [1.54, 1.807) is 29.6 Å². The second-order valence-corrected chi connectivity index (χ2v) is 9.08. The zero-order valence-corrected chi connectivity index (χ0v) is 20.5. The number of aromatic nitrogens is 2. The van der Waals surface area contributed by atoms with Crippen molar-refractivity contribution in [3.8, 4) is 11.8 Å². The molecule has 0 bridgehead atoms. The molecule has 194 valence electrons. The number of hydrogen-bond donors (Lipinski definition) is 0. The first kappa shape index (κ1) is 26.2. The van der Waals surface area contributed by atoms with Crippen LogP contribution in [0.3, 0.4) is 0 Å². The first-order valence-electron chi connectivity index (χ1n) is 12.1. The molecule has 0 radical (unpaired) electrons. The highest BCUT2D eigenvalue weighted by Gasteiger charge is 2.34. The maximum absolute atomic E-state index is 13.2. The number of halogens is 3. The Bertz CT molecular complexity index is 1270. The molecule has 1 atom stereocenters. The lowest BCUT2D eigenvalue weighted by Crippen LogP contribution is -2.56. The number of hydrogen-bond acceptors (Lipinski definition) is 5. The lowest BCUT2D eigenvalue weighted by Gasteiger charge is -2.41. The fourth-order valence-electron chi connectivity index (χ4n) is 4.58. The Morgan fingerprint density at radius 2 is 1.97 bits per heavy atom. The summed E-state index contributed by atoms with van der Waals surface area (Å²) in [6.45, 7) is 3.65. The zero-order valence-electron chi connectivity index (χ0n) is 20.5. The third kappa shape index (κ3) is 6.89. The lowest BCUT2D eigenvalue weighted by atomic mass is 10.0. The minimum absolute atomic E-state index is 0.0232. The number of imidazole rings is 1. The van der Waals surface area contributed by atoms with E-state index in [1.165, 1.54) is 18.2 Å². The van der Waals surface area contributed by atoms with Gasteiger partial charge in [0.25, 0.3) is 0 Å². The van der Waals surface area contributed by atoms with Gasteiger partial charge in [-0.25, -0.2) is 4.98 Å². The fourth-order valence-corrected chi connectivity index (χ4v) is 4.58. The van der Waals surface area contributed by atoms with E-state index in [0.29, 0.717) is 30.9 Å². The molecule has 1 aliphatic heterocycles. The van der Waals surface area contributed by atoms with Crippen molar-refractivity contribution in [2.75, 3.05) is 18.0 Å². The van der Waals surface area contributed by atoms with Gasteiger partial charge in [0.15, 0.2) is 0 Å². The molecule has 3 aromatic rings. The molecule has 10 heteroatoms. The van der Waals surface area contributed by atoms with Crippen LogP contribution in [0.2, 0.25) is 0 Å². The van der Waals surface area contributed by atoms with Crippen LogP contribution in [0.4, 0.5) is 18.9 Å². The molecule has 0 N–H and O–H groups in total. The monoisotopic (exact) mass is 511 g/mol. The zero-order chi connectivity index (χ0) is 26.4. The Labute approximate surface area is 213 Å². The number of unbranched alkanes of at least 4 members (excludes halogenated alkanes) is 1. The van der Waals surface area contributed by atoms with Crippen molar-refractivity contribution in [2.45, 2.75) is 51.7 Å². The summed E-state index contributed by atoms with van der Waals surface area (Å²) in [5, 5.41) is 9.18. The van der Waals surface area contributed by atoms with Gasteiger partial charge in [-0.3, -0.25) is 9.69 Å². The van der Waals surface area contributed by atoms with Crippen LogP contribution in [-0.2, 0) is 17.9 Å². The normalized spacial score (nSPS) is 16.6. The number of amides is 1. The first-order valence-corrected chi connectivity index (χ1v) is 12.1. The van der Waals surface area contributed by atoms with Crippen LogP contribution in [0.25, 0.3) is 0 Å². The largest absolute Gasteiger partial charge is 0.573 e. The number of alkyl halides is 3. The Hall–Kier alpha value is -3.84. The van der Waals surface area contributed by atoms with Gasteiger partial charge in [0.05, 0.1) is 30.2 Å². The topological polar surface area (TPSA) is 74.4 Å². The molecule has 2 aromatic carbocycles. The Morgan fingerprint density at radius 3 is 2.73 bits per heavy atom. The van der Waals surface area contributed by atoms with Gasteiger partial charge >= 0.3 is 6.36 Å². The number of anilines is 1. The van der Waals surface area contributed by atoms with Crippen LogP contribution in [0.15, 0.2) is 61.1 Å². The molecule has 0 unspecified atom stereocenters. The van der Waals surface area contributed by atoms with Gasteiger partial charge in [0.1, 0.15) is 5.75 Å². The highest BCUT2D eigenvalue weighted by Crippen LogP contribution is 2.29. The standard InChI is InChI=1S/C27H28F3N5O2/c1-2-3-8-23-17-35(22-9-5-10-25(12-22)37-27(28,29)30)26(36)18-33(23)16-24-14-32-19-34(24)15-21-7-4-6-20(11-21)13-31/h4-7,9-12,14,19,23H,2-3,8,15-18H2,1H3/t23-/m0/s1. The van der Waals surface area contributed by atoms with Gasteiger partial charge in [0.2, 0.25) is 5.91 Å². The maximum Gasteiger partial charge on any atom is 0.573 e. The molecule has 1 aliphatic rings. The molecular weight excluding hydrogens is 483 g/mol. The molecular formula is C27H28F3N5O2. The quantitative estimate of drug-likeness (QED) is 0.399. The highest BCUT2D eigenvalue weighted by molar-refractivity contribution is 5.95. The molecule has 1 fully saturated rings. The smallest absolute Gasteiger partial charge is 0.406 e. The maximum atomic E-state index is 13.2. The minimum atomic E-state index is -4.80. The summed E-state index contributed by atoms with van der Waals surface area (Å²) in [7, 11) is 0. The summed E-state index contributed by atoms with van der Waals surface area (Å²) in [5.74, 6) is -0.542. The number of piperazine rings is 1. The first-order chi connectivity index (χ1) is 17.8. The summed E-state index contributed by atoms with van der Waals surface area (Å²) in [6.07, 6.45) is 1.50. The van der Waals surface area contributed by atoms with Crippen molar-refractivity contribution in [1.82, 2.24) is 14.5 Å². The van der Waals surface area contributed by atoms with Gasteiger partial charge in [0, 0.05) is 43.6 Å². The van der Waals surface area contributed by atoms with E-state index < -0.39 is 6.36 Å². The van der Waals surface area contributed by atoms with Crippen molar-refractivity contribution in [3.05, 3.63) is 77.9 Å². The van der Waals surface area contributed by atoms with Gasteiger partial charge in [-0.15, -0.1) is 13.2 Å². The SMILES string of the molecule is CCCC[C@H]1CN(c2cccc(OC(F)(F)F)c2)C(=O)CN1Cc1cncn1Cc1cccc(C#N)c1. The summed E-state index contributed by atoms with van der Waals surface area (Å²) in [6, 6.07) is 15.1. The minimum Gasteiger partial charge on any atom is -0.406 e. The molecule has 7 nitrogen and oxygen atoms in total. The van der Waals surface area contributed by atoms with Gasteiger partial charge in [-0.2, -0.15) is 5.26 Å². The molecule has 4 rings (SSSR count). The Balaban J connectivity index is 1.51. The molecule has 2 heterocycles. The molecule has 0 saturated carbocycles. The van der Waals surface area contributed by atoms with E-state index >= 15 is 0 Å². The second kappa shape index (κ2) is 11.5. The number of carbonyl (C=O) groups excluding carboxylic acids is 1. The number of nitrogens with zero attached hydrogens (tertiary/aromatic N) is 5. The van der Waals surface area contributed by atoms with E-state index in [2.05, 4.69) is 27.6 Å². The number of carbonyl (C=O) groups is 1. The predicted molar refractivity (Wildman–Crippen MR) is 132 cm³/mol. The van der Waals surface area contributed by atoms with Crippen molar-refractivity contribution in [3.63, 3.8) is 0 Å². The fraction of sp³-hybridized carbons (Fsp3) is 0.370. The van der Waals surface area contributed by atoms with Crippen LogP contribution in [0, 0.1) is 11.3 Å². The van der Waals surface area contributed by atoms with Crippen molar-refractivity contribution in [2.24, 2.45) is 0 Å². The summed E-state index contributed by atoms with van der Waals surface area (Å²) in [5.41, 5.74) is 2.88. The Kier molecular flexibility index (Phi) is 8.14. The van der Waals surface area contributed by atoms with E-state index in [0.717, 1.165) is 30.5 Å². The summed E-state index contributed by atoms with van der Waals surface area (Å²) >= 11 is 0. The van der Waals surface area contributed by atoms with Crippen LogP contribution in [0.5, 0.6) is 5.75 Å². The molecule has 1 aromatic heterocycles. The van der Waals surface area contributed by atoms with E-state index in [4.69, 9.17) is 0 Å². The molecule has 1 amide bonds. The Morgan fingerprint density at radius 1 is 1.16 bits per heavy atom. The summed E-state index contributed by atoms with van der Waals surface area (Å²) in [4.78, 5) is 21.1. The third-order valence-corrected chi connectivity index (χ3v) is 6.38. The molecule has 0 spiro atoms. The average Bonchev–Trinajstić information content (AvgIpc) is 3.29. The summed E-state index contributed by atoms with van der Waals surface area (Å²) < 4.78 is 44.2. The third-order valence-electron chi connectivity index (χ3n) is 6.38. The van der Waals surface area contributed by atoms with E-state index in [1.807, 2.05) is 22.8 Å². The van der Waals surface area contributed by atoms with Gasteiger partial charge in [-0.05, 0) is 36.2 Å². The lowest BCUT2D eigenvalue weighted by molar-refractivity contribution is -0.274. The van der Waals surface area contributed by atoms with E-state index in [9.17, 15) is 23.2 Å². The average molecular weight is 512 g/mol. The number of nitriles is 1. The van der Waals surface area contributed by atoms with Crippen LogP contribution in [-0.4, -0.2) is 45.9 Å². The number of benzene rings is 2. The van der Waals surface area contributed by atoms with E-state index in [-0.39, 0.29) is 24.2 Å². The molecule has 37 heavy (non-hydrogen) atoms. The molecule has 0 aliphatic carbocycles.